The molecule has 18 heavy (non-hydrogen) atoms. The minimum absolute atomic E-state index is 0.227. The lowest BCUT2D eigenvalue weighted by atomic mass is 10.0. The molecule has 1 aromatic heterocycles. The van der Waals surface area contributed by atoms with Crippen molar-refractivity contribution < 1.29 is 5.11 Å². The molecule has 1 heterocycles. The largest absolute Gasteiger partial charge is 0.388 e. The van der Waals surface area contributed by atoms with Gasteiger partial charge in [0.1, 0.15) is 5.82 Å². The smallest absolute Gasteiger partial charge is 0.120 e. The zero-order valence-electron chi connectivity index (χ0n) is 10.5. The molecule has 3 N–H and O–H groups in total. The van der Waals surface area contributed by atoms with E-state index in [4.69, 9.17) is 0 Å². The molecule has 1 aromatic carbocycles. The van der Waals surface area contributed by atoms with Gasteiger partial charge in [-0.25, -0.2) is 4.98 Å². The highest BCUT2D eigenvalue weighted by molar-refractivity contribution is 5.17. The number of rotatable bonds is 6. The summed E-state index contributed by atoms with van der Waals surface area (Å²) in [6.07, 6.45) is 3.80. The molecule has 0 bridgehead atoms. The number of aliphatic hydroxyl groups is 1. The highest BCUT2D eigenvalue weighted by Crippen LogP contribution is 2.17. The predicted octanol–water partition coefficient (Wildman–Crippen LogP) is 2.01. The Hall–Kier alpha value is -1.65. The van der Waals surface area contributed by atoms with Gasteiger partial charge < -0.3 is 15.4 Å². The maximum Gasteiger partial charge on any atom is 0.120 e. The quantitative estimate of drug-likeness (QED) is 0.729. The number of imidazole rings is 1. The average molecular weight is 245 g/mol. The second-order valence-electron chi connectivity index (χ2n) is 4.48. The van der Waals surface area contributed by atoms with Crippen LogP contribution >= 0.6 is 0 Å². The number of benzene rings is 1. The molecular formula is C14H19N3O. The van der Waals surface area contributed by atoms with E-state index in [1.807, 2.05) is 30.3 Å². The van der Waals surface area contributed by atoms with Gasteiger partial charge in [-0.3, -0.25) is 0 Å². The number of nitrogens with zero attached hydrogens (tertiary/aromatic N) is 1. The van der Waals surface area contributed by atoms with Gasteiger partial charge in [0.2, 0.25) is 0 Å². The topological polar surface area (TPSA) is 60.9 Å². The number of aromatic nitrogens is 2. The van der Waals surface area contributed by atoms with Crippen molar-refractivity contribution in [2.45, 2.75) is 32.0 Å². The summed E-state index contributed by atoms with van der Waals surface area (Å²) in [4.78, 5) is 7.19. The minimum Gasteiger partial charge on any atom is -0.388 e. The Bertz CT molecular complexity index is 441. The van der Waals surface area contributed by atoms with E-state index in [1.165, 1.54) is 0 Å². The third kappa shape index (κ3) is 3.68. The highest BCUT2D eigenvalue weighted by Gasteiger charge is 2.11. The summed E-state index contributed by atoms with van der Waals surface area (Å²) in [5.41, 5.74) is 0.962. The summed E-state index contributed by atoms with van der Waals surface area (Å²) in [5.74, 6) is 0.913. The zero-order valence-corrected chi connectivity index (χ0v) is 10.5. The van der Waals surface area contributed by atoms with Crippen molar-refractivity contribution in [2.24, 2.45) is 0 Å². The normalized spacial score (nSPS) is 14.3. The monoisotopic (exact) mass is 245 g/mol. The molecule has 0 amide bonds. The molecule has 0 fully saturated rings. The number of aliphatic hydroxyl groups excluding tert-OH is 1. The molecule has 0 aliphatic heterocycles. The summed E-state index contributed by atoms with van der Waals surface area (Å²) in [6, 6.07) is 9.96. The van der Waals surface area contributed by atoms with E-state index in [0.717, 1.165) is 11.4 Å². The Balaban J connectivity index is 1.78. The van der Waals surface area contributed by atoms with Crippen molar-refractivity contribution in [3.05, 3.63) is 54.1 Å². The highest BCUT2D eigenvalue weighted by atomic mass is 16.3. The maximum atomic E-state index is 10.1. The van der Waals surface area contributed by atoms with Gasteiger partial charge in [0.15, 0.2) is 0 Å². The van der Waals surface area contributed by atoms with Crippen molar-refractivity contribution in [3.63, 3.8) is 0 Å². The van der Waals surface area contributed by atoms with Crippen LogP contribution in [0.3, 0.4) is 0 Å². The number of nitrogens with one attached hydrogen (secondary N) is 2. The van der Waals surface area contributed by atoms with Gasteiger partial charge in [0, 0.05) is 18.4 Å². The van der Waals surface area contributed by atoms with Crippen LogP contribution in [-0.2, 0) is 6.54 Å². The van der Waals surface area contributed by atoms with Crippen LogP contribution in [0, 0.1) is 0 Å². The Morgan fingerprint density at radius 1 is 1.33 bits per heavy atom. The fraction of sp³-hybridized carbons (Fsp3) is 0.357. The molecule has 0 aliphatic rings. The number of H-pyrrole nitrogens is 1. The summed E-state index contributed by atoms with van der Waals surface area (Å²) in [5, 5.41) is 13.4. The molecule has 2 rings (SSSR count). The van der Waals surface area contributed by atoms with E-state index >= 15 is 0 Å². The van der Waals surface area contributed by atoms with Gasteiger partial charge in [-0.05, 0) is 18.9 Å². The first-order valence-corrected chi connectivity index (χ1v) is 6.20. The van der Waals surface area contributed by atoms with Gasteiger partial charge in [0.05, 0.1) is 12.6 Å². The van der Waals surface area contributed by atoms with Crippen LogP contribution in [0.2, 0.25) is 0 Å². The molecular weight excluding hydrogens is 226 g/mol. The van der Waals surface area contributed by atoms with E-state index in [0.29, 0.717) is 13.0 Å². The second kappa shape index (κ2) is 6.33. The van der Waals surface area contributed by atoms with Crippen molar-refractivity contribution in [1.82, 2.24) is 15.3 Å². The standard InChI is InChI=1S/C14H19N3O/c1-11(17-10-14-15-7-8-16-14)9-13(18)12-5-3-2-4-6-12/h2-8,11,13,17-18H,9-10H2,1H3,(H,15,16). The Labute approximate surface area is 107 Å². The molecule has 0 saturated heterocycles. The molecule has 0 saturated carbocycles. The number of hydrogen-bond donors (Lipinski definition) is 3. The van der Waals surface area contributed by atoms with E-state index < -0.39 is 6.10 Å². The fourth-order valence-electron chi connectivity index (χ4n) is 1.90. The third-order valence-electron chi connectivity index (χ3n) is 2.93. The van der Waals surface area contributed by atoms with E-state index in [2.05, 4.69) is 22.2 Å². The summed E-state index contributed by atoms with van der Waals surface area (Å²) in [7, 11) is 0. The lowest BCUT2D eigenvalue weighted by Gasteiger charge is -2.17. The van der Waals surface area contributed by atoms with Gasteiger partial charge in [-0.15, -0.1) is 0 Å². The van der Waals surface area contributed by atoms with Crippen LogP contribution in [0.5, 0.6) is 0 Å². The Kier molecular flexibility index (Phi) is 4.50. The van der Waals surface area contributed by atoms with Crippen LogP contribution in [-0.4, -0.2) is 21.1 Å². The Morgan fingerprint density at radius 3 is 2.78 bits per heavy atom. The SMILES string of the molecule is CC(CC(O)c1ccccc1)NCc1ncc[nH]1. The lowest BCUT2D eigenvalue weighted by molar-refractivity contribution is 0.153. The molecule has 2 atom stereocenters. The van der Waals surface area contributed by atoms with Gasteiger partial charge in [0.25, 0.3) is 0 Å². The van der Waals surface area contributed by atoms with Crippen molar-refractivity contribution in [1.29, 1.82) is 0 Å². The molecule has 0 radical (unpaired) electrons. The molecule has 2 aromatic rings. The summed E-state index contributed by atoms with van der Waals surface area (Å²) < 4.78 is 0. The summed E-state index contributed by atoms with van der Waals surface area (Å²) >= 11 is 0. The fourth-order valence-corrected chi connectivity index (χ4v) is 1.90. The first kappa shape index (κ1) is 12.8. The maximum absolute atomic E-state index is 10.1. The van der Waals surface area contributed by atoms with E-state index in [-0.39, 0.29) is 6.04 Å². The van der Waals surface area contributed by atoms with Gasteiger partial charge in [-0.2, -0.15) is 0 Å². The van der Waals surface area contributed by atoms with Gasteiger partial charge in [-0.1, -0.05) is 30.3 Å². The molecule has 0 spiro atoms. The van der Waals surface area contributed by atoms with Gasteiger partial charge >= 0.3 is 0 Å². The Morgan fingerprint density at radius 2 is 2.11 bits per heavy atom. The molecule has 4 nitrogen and oxygen atoms in total. The number of aromatic amines is 1. The first-order chi connectivity index (χ1) is 8.75. The molecule has 96 valence electrons. The molecule has 0 aliphatic carbocycles. The minimum atomic E-state index is -0.426. The van der Waals surface area contributed by atoms with Crippen LogP contribution in [0.25, 0.3) is 0 Å². The third-order valence-corrected chi connectivity index (χ3v) is 2.93. The van der Waals surface area contributed by atoms with Crippen molar-refractivity contribution in [2.75, 3.05) is 0 Å². The predicted molar refractivity (Wildman–Crippen MR) is 70.9 cm³/mol. The lowest BCUT2D eigenvalue weighted by Crippen LogP contribution is -2.27. The van der Waals surface area contributed by atoms with Crippen LogP contribution < -0.4 is 5.32 Å². The first-order valence-electron chi connectivity index (χ1n) is 6.20. The van der Waals surface area contributed by atoms with E-state index in [9.17, 15) is 5.11 Å². The van der Waals surface area contributed by atoms with Crippen molar-refractivity contribution >= 4 is 0 Å². The second-order valence-corrected chi connectivity index (χ2v) is 4.48. The number of hydrogen-bond acceptors (Lipinski definition) is 3. The zero-order chi connectivity index (χ0) is 12.8. The molecule has 2 unspecified atom stereocenters. The summed E-state index contributed by atoms with van der Waals surface area (Å²) in [6.45, 7) is 2.75. The molecule has 4 heteroatoms. The average Bonchev–Trinajstić information content (AvgIpc) is 2.90. The van der Waals surface area contributed by atoms with Crippen LogP contribution in [0.15, 0.2) is 42.7 Å². The van der Waals surface area contributed by atoms with Crippen LogP contribution in [0.4, 0.5) is 0 Å². The van der Waals surface area contributed by atoms with Crippen LogP contribution in [0.1, 0.15) is 30.8 Å². The van der Waals surface area contributed by atoms with Crippen molar-refractivity contribution in [3.8, 4) is 0 Å². The van der Waals surface area contributed by atoms with E-state index in [1.54, 1.807) is 12.4 Å².